The number of nitro benzene ring substituents is 1. The van der Waals surface area contributed by atoms with Crippen molar-refractivity contribution in [2.75, 3.05) is 24.8 Å². The summed E-state index contributed by atoms with van der Waals surface area (Å²) in [5.41, 5.74) is 1.64. The van der Waals surface area contributed by atoms with Crippen LogP contribution in [0.1, 0.15) is 0 Å². The molecule has 0 unspecified atom stereocenters. The van der Waals surface area contributed by atoms with Crippen LogP contribution >= 0.6 is 23.4 Å². The zero-order valence-electron chi connectivity index (χ0n) is 14.9. The quantitative estimate of drug-likeness (QED) is 0.336. The molecule has 0 aliphatic carbocycles. The van der Waals surface area contributed by atoms with Gasteiger partial charge < -0.3 is 14.6 Å². The van der Waals surface area contributed by atoms with Crippen molar-refractivity contribution in [2.45, 2.75) is 11.7 Å². The van der Waals surface area contributed by atoms with Gasteiger partial charge >= 0.3 is 0 Å². The Morgan fingerprint density at radius 1 is 1.36 bits per heavy atom. The smallest absolute Gasteiger partial charge is 0.294 e. The number of carbonyl (C=O) groups excluding carboxylic acids is 1. The number of carbonyl (C=O) groups is 1. The van der Waals surface area contributed by atoms with E-state index in [-0.39, 0.29) is 28.1 Å². The number of amides is 1. The SMILES string of the molecule is COCCn1c(SCC(=O)Nc2ccc(Cl)cc2[N+](=O)[O-])nc2ccccc21. The lowest BCUT2D eigenvalue weighted by Crippen LogP contribution is -2.16. The molecule has 1 heterocycles. The number of benzene rings is 2. The Labute approximate surface area is 170 Å². The predicted molar refractivity (Wildman–Crippen MR) is 109 cm³/mol. The Morgan fingerprint density at radius 2 is 2.14 bits per heavy atom. The van der Waals surface area contributed by atoms with Crippen LogP contribution in [0, 0.1) is 10.1 Å². The minimum absolute atomic E-state index is 0.0517. The number of nitrogens with one attached hydrogen (secondary N) is 1. The maximum atomic E-state index is 12.3. The highest BCUT2D eigenvalue weighted by Gasteiger charge is 2.18. The molecule has 0 bridgehead atoms. The first-order chi connectivity index (χ1) is 13.5. The van der Waals surface area contributed by atoms with Gasteiger partial charge in [-0.1, -0.05) is 35.5 Å². The van der Waals surface area contributed by atoms with Gasteiger partial charge in [-0.25, -0.2) is 4.98 Å². The largest absolute Gasteiger partial charge is 0.383 e. The number of anilines is 1. The number of fused-ring (bicyclic) bond motifs is 1. The van der Waals surface area contributed by atoms with E-state index in [1.165, 1.54) is 30.0 Å². The molecule has 0 saturated heterocycles. The van der Waals surface area contributed by atoms with Crippen LogP contribution < -0.4 is 5.32 Å². The molecule has 1 aromatic heterocycles. The normalized spacial score (nSPS) is 10.9. The fraction of sp³-hybridized carbons (Fsp3) is 0.222. The molecule has 2 aromatic carbocycles. The van der Waals surface area contributed by atoms with E-state index in [9.17, 15) is 14.9 Å². The van der Waals surface area contributed by atoms with E-state index in [1.54, 1.807) is 7.11 Å². The Balaban J connectivity index is 1.74. The predicted octanol–water partition coefficient (Wildman–Crippen LogP) is 3.98. The molecule has 146 valence electrons. The van der Waals surface area contributed by atoms with Crippen LogP contribution in [0.15, 0.2) is 47.6 Å². The van der Waals surface area contributed by atoms with Crippen LogP contribution in [0.5, 0.6) is 0 Å². The highest BCUT2D eigenvalue weighted by atomic mass is 35.5. The maximum Gasteiger partial charge on any atom is 0.294 e. The number of ether oxygens (including phenoxy) is 1. The maximum absolute atomic E-state index is 12.3. The van der Waals surface area contributed by atoms with Gasteiger partial charge in [0.1, 0.15) is 5.69 Å². The molecule has 0 atom stereocenters. The minimum Gasteiger partial charge on any atom is -0.383 e. The number of hydrogen-bond donors (Lipinski definition) is 1. The van der Waals surface area contributed by atoms with Gasteiger partial charge in [0.15, 0.2) is 5.16 Å². The minimum atomic E-state index is -0.585. The number of aromatic nitrogens is 2. The topological polar surface area (TPSA) is 99.3 Å². The molecule has 3 rings (SSSR count). The first-order valence-corrected chi connectivity index (χ1v) is 9.66. The third kappa shape index (κ3) is 4.61. The van der Waals surface area contributed by atoms with E-state index < -0.39 is 4.92 Å². The molecule has 0 fully saturated rings. The van der Waals surface area contributed by atoms with Gasteiger partial charge in [-0.3, -0.25) is 14.9 Å². The summed E-state index contributed by atoms with van der Waals surface area (Å²) < 4.78 is 7.14. The molecular weight excluding hydrogens is 404 g/mol. The summed E-state index contributed by atoms with van der Waals surface area (Å²) in [6, 6.07) is 11.8. The first-order valence-electron chi connectivity index (χ1n) is 8.30. The number of rotatable bonds is 8. The Bertz CT molecular complexity index is 1020. The fourth-order valence-electron chi connectivity index (χ4n) is 2.64. The Morgan fingerprint density at radius 3 is 2.89 bits per heavy atom. The van der Waals surface area contributed by atoms with E-state index in [2.05, 4.69) is 10.3 Å². The average Bonchev–Trinajstić information content (AvgIpc) is 3.03. The summed E-state index contributed by atoms with van der Waals surface area (Å²) in [6.07, 6.45) is 0. The molecule has 0 aliphatic heterocycles. The van der Waals surface area contributed by atoms with E-state index in [4.69, 9.17) is 16.3 Å². The van der Waals surface area contributed by atoms with Gasteiger partial charge in [-0.05, 0) is 24.3 Å². The number of nitrogens with zero attached hydrogens (tertiary/aromatic N) is 3. The number of imidazole rings is 1. The number of nitro groups is 1. The highest BCUT2D eigenvalue weighted by molar-refractivity contribution is 7.99. The lowest BCUT2D eigenvalue weighted by molar-refractivity contribution is -0.383. The third-order valence-electron chi connectivity index (χ3n) is 3.90. The third-order valence-corrected chi connectivity index (χ3v) is 5.11. The second kappa shape index (κ2) is 9.05. The Kier molecular flexibility index (Phi) is 6.50. The number of thioether (sulfide) groups is 1. The van der Waals surface area contributed by atoms with Crippen molar-refractivity contribution in [3.8, 4) is 0 Å². The van der Waals surface area contributed by atoms with Gasteiger partial charge in [0, 0.05) is 24.7 Å². The highest BCUT2D eigenvalue weighted by Crippen LogP contribution is 2.29. The molecule has 0 saturated carbocycles. The van der Waals surface area contributed by atoms with Gasteiger partial charge in [0.05, 0.1) is 28.3 Å². The molecule has 1 amide bonds. The monoisotopic (exact) mass is 420 g/mol. The number of hydrogen-bond acceptors (Lipinski definition) is 6. The van der Waals surface area contributed by atoms with E-state index in [0.717, 1.165) is 11.0 Å². The van der Waals surface area contributed by atoms with Crippen molar-refractivity contribution in [2.24, 2.45) is 0 Å². The van der Waals surface area contributed by atoms with Crippen molar-refractivity contribution < 1.29 is 14.5 Å². The van der Waals surface area contributed by atoms with E-state index in [0.29, 0.717) is 18.3 Å². The number of para-hydroxylation sites is 2. The van der Waals surface area contributed by atoms with Gasteiger partial charge in [-0.15, -0.1) is 0 Å². The van der Waals surface area contributed by atoms with Crippen molar-refractivity contribution in [3.05, 3.63) is 57.6 Å². The molecule has 0 spiro atoms. The van der Waals surface area contributed by atoms with Crippen LogP contribution in [-0.2, 0) is 16.1 Å². The number of halogens is 1. The number of methoxy groups -OCH3 is 1. The molecule has 3 aromatic rings. The summed E-state index contributed by atoms with van der Waals surface area (Å²) in [4.78, 5) is 27.5. The van der Waals surface area contributed by atoms with E-state index >= 15 is 0 Å². The van der Waals surface area contributed by atoms with Crippen LogP contribution in [0.4, 0.5) is 11.4 Å². The Hall–Kier alpha value is -2.62. The summed E-state index contributed by atoms with van der Waals surface area (Å²) in [6.45, 7) is 1.11. The van der Waals surface area contributed by atoms with Crippen molar-refractivity contribution in [3.63, 3.8) is 0 Å². The summed E-state index contributed by atoms with van der Waals surface area (Å²) in [5, 5.41) is 14.6. The zero-order chi connectivity index (χ0) is 20.1. The molecule has 28 heavy (non-hydrogen) atoms. The van der Waals surface area contributed by atoms with Crippen molar-refractivity contribution in [1.82, 2.24) is 9.55 Å². The first kappa shape index (κ1) is 20.1. The lowest BCUT2D eigenvalue weighted by Gasteiger charge is -2.09. The molecule has 8 nitrogen and oxygen atoms in total. The molecule has 1 N–H and O–H groups in total. The van der Waals surface area contributed by atoms with E-state index in [1.807, 2.05) is 28.8 Å². The fourth-order valence-corrected chi connectivity index (χ4v) is 3.65. The summed E-state index contributed by atoms with van der Waals surface area (Å²) in [5.74, 6) is -0.323. The summed E-state index contributed by atoms with van der Waals surface area (Å²) in [7, 11) is 1.62. The molecule has 10 heteroatoms. The van der Waals surface area contributed by atoms with Gasteiger partial charge in [0.25, 0.3) is 5.69 Å². The molecule has 0 aliphatic rings. The van der Waals surface area contributed by atoms with Crippen molar-refractivity contribution >= 4 is 51.7 Å². The van der Waals surface area contributed by atoms with Crippen molar-refractivity contribution in [1.29, 1.82) is 0 Å². The zero-order valence-corrected chi connectivity index (χ0v) is 16.5. The van der Waals surface area contributed by atoms with Crippen LogP contribution in [0.3, 0.4) is 0 Å². The second-order valence-electron chi connectivity index (χ2n) is 5.78. The standard InChI is InChI=1S/C18H17ClN4O4S/c1-27-9-8-22-15-5-3-2-4-13(15)21-18(22)28-11-17(24)20-14-7-6-12(19)10-16(14)23(25)26/h2-7,10H,8-9,11H2,1H3,(H,20,24). The van der Waals surface area contributed by atoms with Crippen LogP contribution in [0.25, 0.3) is 11.0 Å². The average molecular weight is 421 g/mol. The van der Waals surface area contributed by atoms with Crippen LogP contribution in [0.2, 0.25) is 5.02 Å². The van der Waals surface area contributed by atoms with Gasteiger partial charge in [0.2, 0.25) is 5.91 Å². The molecule has 0 radical (unpaired) electrons. The molecular formula is C18H17ClN4O4S. The second-order valence-corrected chi connectivity index (χ2v) is 7.16. The lowest BCUT2D eigenvalue weighted by atomic mass is 10.2. The van der Waals surface area contributed by atoms with Gasteiger partial charge in [-0.2, -0.15) is 0 Å². The summed E-state index contributed by atoms with van der Waals surface area (Å²) >= 11 is 7.05. The van der Waals surface area contributed by atoms with Crippen LogP contribution in [-0.4, -0.2) is 39.9 Å².